The molecule has 0 unspecified atom stereocenters. The fourth-order valence-electron chi connectivity index (χ4n) is 3.62. The van der Waals surface area contributed by atoms with E-state index >= 15 is 0 Å². The third-order valence-electron chi connectivity index (χ3n) is 5.00. The van der Waals surface area contributed by atoms with Gasteiger partial charge in [0.1, 0.15) is 5.69 Å². The highest BCUT2D eigenvalue weighted by Crippen LogP contribution is 2.33. The zero-order chi connectivity index (χ0) is 18.1. The smallest absolute Gasteiger partial charge is 0.227 e. The second-order valence-electron chi connectivity index (χ2n) is 6.73. The fourth-order valence-corrected chi connectivity index (χ4v) is 3.79. The van der Waals surface area contributed by atoms with E-state index in [1.165, 1.54) is 0 Å². The van der Waals surface area contributed by atoms with Crippen LogP contribution in [0.3, 0.4) is 0 Å². The Hall–Kier alpha value is -2.59. The van der Waals surface area contributed by atoms with Gasteiger partial charge in [-0.2, -0.15) is 0 Å². The predicted octanol–water partition coefficient (Wildman–Crippen LogP) is 5.18. The van der Waals surface area contributed by atoms with Gasteiger partial charge >= 0.3 is 0 Å². The van der Waals surface area contributed by atoms with Gasteiger partial charge in [-0.15, -0.1) is 0 Å². The number of fused-ring (bicyclic) bond motifs is 1. The molecule has 4 rings (SSSR count). The minimum Gasteiger partial charge on any atom is -0.350 e. The summed E-state index contributed by atoms with van der Waals surface area (Å²) < 4.78 is 0. The number of carbonyl (C=O) groups excluding carboxylic acids is 2. The van der Waals surface area contributed by atoms with Crippen LogP contribution < -0.4 is 5.32 Å². The lowest BCUT2D eigenvalue weighted by atomic mass is 10.0. The second-order valence-corrected chi connectivity index (χ2v) is 7.17. The van der Waals surface area contributed by atoms with Crippen LogP contribution in [0.25, 0.3) is 10.9 Å². The average molecular weight is 367 g/mol. The van der Waals surface area contributed by atoms with Gasteiger partial charge in [0, 0.05) is 27.4 Å². The van der Waals surface area contributed by atoms with Crippen molar-refractivity contribution in [2.75, 3.05) is 5.32 Å². The summed E-state index contributed by atoms with van der Waals surface area (Å²) in [6, 6.07) is 14.4. The molecule has 132 valence electrons. The lowest BCUT2D eigenvalue weighted by Crippen LogP contribution is -2.21. The molecule has 26 heavy (non-hydrogen) atoms. The summed E-state index contributed by atoms with van der Waals surface area (Å²) in [6.07, 6.45) is 3.97. The predicted molar refractivity (Wildman–Crippen MR) is 104 cm³/mol. The summed E-state index contributed by atoms with van der Waals surface area (Å²) >= 11 is 6.09. The third-order valence-corrected chi connectivity index (χ3v) is 5.23. The molecule has 1 fully saturated rings. The number of carbonyl (C=O) groups is 2. The molecule has 1 heterocycles. The van der Waals surface area contributed by atoms with E-state index in [4.69, 9.17) is 11.6 Å². The molecule has 4 nitrogen and oxygen atoms in total. The summed E-state index contributed by atoms with van der Waals surface area (Å²) in [4.78, 5) is 28.8. The van der Waals surface area contributed by atoms with E-state index in [2.05, 4.69) is 10.3 Å². The molecule has 0 aliphatic heterocycles. The maximum Gasteiger partial charge on any atom is 0.227 e. The number of H-pyrrole nitrogens is 1. The first kappa shape index (κ1) is 16.9. The van der Waals surface area contributed by atoms with Crippen molar-refractivity contribution in [1.82, 2.24) is 4.98 Å². The first-order valence-corrected chi connectivity index (χ1v) is 9.23. The number of halogens is 1. The van der Waals surface area contributed by atoms with Crippen molar-refractivity contribution in [2.24, 2.45) is 5.92 Å². The van der Waals surface area contributed by atoms with E-state index in [0.29, 0.717) is 22.0 Å². The van der Waals surface area contributed by atoms with Gasteiger partial charge in [0.2, 0.25) is 11.7 Å². The summed E-state index contributed by atoms with van der Waals surface area (Å²) in [5, 5.41) is 4.38. The van der Waals surface area contributed by atoms with Crippen LogP contribution in [0.4, 0.5) is 5.69 Å². The number of anilines is 1. The Kier molecular flexibility index (Phi) is 4.51. The van der Waals surface area contributed by atoms with Crippen molar-refractivity contribution in [3.63, 3.8) is 0 Å². The van der Waals surface area contributed by atoms with E-state index in [1.54, 1.807) is 24.3 Å². The SMILES string of the molecule is O=C(c1ccccc1)c1[nH]c2cc(Cl)ccc2c1NC(=O)C1CCCC1. The van der Waals surface area contributed by atoms with Gasteiger partial charge in [-0.3, -0.25) is 9.59 Å². The quantitative estimate of drug-likeness (QED) is 0.625. The highest BCUT2D eigenvalue weighted by Gasteiger charge is 2.26. The molecule has 0 bridgehead atoms. The Bertz CT molecular complexity index is 972. The molecule has 0 spiro atoms. The fraction of sp³-hybridized carbons (Fsp3) is 0.238. The number of ketones is 1. The summed E-state index contributed by atoms with van der Waals surface area (Å²) in [5.41, 5.74) is 2.24. The van der Waals surface area contributed by atoms with E-state index in [-0.39, 0.29) is 17.6 Å². The number of aromatic amines is 1. The summed E-state index contributed by atoms with van der Waals surface area (Å²) in [5.74, 6) is -0.146. The molecule has 0 atom stereocenters. The Morgan fingerprint density at radius 1 is 1.04 bits per heavy atom. The van der Waals surface area contributed by atoms with E-state index in [9.17, 15) is 9.59 Å². The normalized spacial score (nSPS) is 14.7. The number of hydrogen-bond acceptors (Lipinski definition) is 2. The van der Waals surface area contributed by atoms with E-state index in [1.807, 2.05) is 24.3 Å². The molecule has 1 saturated carbocycles. The van der Waals surface area contributed by atoms with Crippen LogP contribution in [0.2, 0.25) is 5.02 Å². The maximum atomic E-state index is 13.0. The maximum absolute atomic E-state index is 13.0. The van der Waals surface area contributed by atoms with Crippen molar-refractivity contribution in [2.45, 2.75) is 25.7 Å². The first-order valence-electron chi connectivity index (χ1n) is 8.85. The van der Waals surface area contributed by atoms with Gasteiger partial charge in [-0.1, -0.05) is 54.8 Å². The molecule has 1 amide bonds. The molecule has 1 aliphatic carbocycles. The molecule has 5 heteroatoms. The summed E-state index contributed by atoms with van der Waals surface area (Å²) in [6.45, 7) is 0. The molecule has 0 saturated heterocycles. The Morgan fingerprint density at radius 3 is 2.50 bits per heavy atom. The minimum atomic E-state index is -0.153. The Labute approximate surface area is 156 Å². The topological polar surface area (TPSA) is 62.0 Å². The first-order chi connectivity index (χ1) is 12.6. The highest BCUT2D eigenvalue weighted by molar-refractivity contribution is 6.31. The Morgan fingerprint density at radius 2 is 1.77 bits per heavy atom. The van der Waals surface area contributed by atoms with Crippen molar-refractivity contribution in [3.8, 4) is 0 Å². The van der Waals surface area contributed by atoms with Crippen molar-refractivity contribution in [3.05, 3.63) is 64.8 Å². The van der Waals surface area contributed by atoms with E-state index in [0.717, 1.165) is 36.6 Å². The van der Waals surface area contributed by atoms with Crippen LogP contribution in [-0.2, 0) is 4.79 Å². The Balaban J connectivity index is 1.78. The van der Waals surface area contributed by atoms with Gasteiger partial charge in [0.25, 0.3) is 0 Å². The average Bonchev–Trinajstić information content (AvgIpc) is 3.30. The molecule has 3 aromatic rings. The number of amides is 1. The number of nitrogens with one attached hydrogen (secondary N) is 2. The molecule has 0 radical (unpaired) electrons. The zero-order valence-electron chi connectivity index (χ0n) is 14.2. The van der Waals surface area contributed by atoms with Crippen LogP contribution >= 0.6 is 11.6 Å². The monoisotopic (exact) mass is 366 g/mol. The molecule has 2 N–H and O–H groups in total. The number of rotatable bonds is 4. The van der Waals surface area contributed by atoms with Crippen molar-refractivity contribution in [1.29, 1.82) is 0 Å². The molecule has 2 aromatic carbocycles. The van der Waals surface area contributed by atoms with Crippen LogP contribution in [0, 0.1) is 5.92 Å². The second kappa shape index (κ2) is 6.96. The third kappa shape index (κ3) is 3.13. The standard InChI is InChI=1S/C21H19ClN2O2/c22-15-10-11-16-17(12-15)23-19(20(25)13-6-2-1-3-7-13)18(16)24-21(26)14-8-4-5-9-14/h1-3,6-7,10-12,14,23H,4-5,8-9H2,(H,24,26). The molecular weight excluding hydrogens is 348 g/mol. The van der Waals surface area contributed by atoms with Gasteiger partial charge in [-0.25, -0.2) is 0 Å². The van der Waals surface area contributed by atoms with Crippen LogP contribution in [-0.4, -0.2) is 16.7 Å². The molecule has 1 aromatic heterocycles. The lowest BCUT2D eigenvalue weighted by molar-refractivity contribution is -0.119. The summed E-state index contributed by atoms with van der Waals surface area (Å²) in [7, 11) is 0. The molecule has 1 aliphatic rings. The van der Waals surface area contributed by atoms with E-state index < -0.39 is 0 Å². The number of hydrogen-bond donors (Lipinski definition) is 2. The van der Waals surface area contributed by atoms with Crippen LogP contribution in [0.1, 0.15) is 41.7 Å². The number of benzene rings is 2. The van der Waals surface area contributed by atoms with Gasteiger partial charge in [0.05, 0.1) is 5.69 Å². The highest BCUT2D eigenvalue weighted by atomic mass is 35.5. The largest absolute Gasteiger partial charge is 0.350 e. The van der Waals surface area contributed by atoms with Gasteiger partial charge < -0.3 is 10.3 Å². The van der Waals surface area contributed by atoms with Gasteiger partial charge in [-0.05, 0) is 31.0 Å². The zero-order valence-corrected chi connectivity index (χ0v) is 15.0. The van der Waals surface area contributed by atoms with Crippen LogP contribution in [0.15, 0.2) is 48.5 Å². The minimum absolute atomic E-state index is 0.0135. The van der Waals surface area contributed by atoms with Crippen LogP contribution in [0.5, 0.6) is 0 Å². The van der Waals surface area contributed by atoms with Crippen molar-refractivity contribution < 1.29 is 9.59 Å². The van der Waals surface area contributed by atoms with Gasteiger partial charge in [0.15, 0.2) is 0 Å². The lowest BCUT2D eigenvalue weighted by Gasteiger charge is -2.11. The molecular formula is C21H19ClN2O2. The van der Waals surface area contributed by atoms with Crippen molar-refractivity contribution >= 4 is 39.9 Å². The number of aromatic nitrogens is 1.